The van der Waals surface area contributed by atoms with Crippen molar-refractivity contribution in [2.45, 2.75) is 19.7 Å². The first kappa shape index (κ1) is 16.3. The van der Waals surface area contributed by atoms with Crippen LogP contribution in [-0.2, 0) is 4.79 Å². The summed E-state index contributed by atoms with van der Waals surface area (Å²) in [6.45, 7) is 1.63. The summed E-state index contributed by atoms with van der Waals surface area (Å²) in [6, 6.07) is 5.55. The van der Waals surface area contributed by atoms with Gasteiger partial charge >= 0.3 is 6.36 Å². The lowest BCUT2D eigenvalue weighted by Gasteiger charge is -2.15. The van der Waals surface area contributed by atoms with Crippen molar-refractivity contribution in [1.29, 1.82) is 5.26 Å². The number of nitrogens with zero attached hydrogens (tertiary/aromatic N) is 1. The van der Waals surface area contributed by atoms with Crippen LogP contribution in [0, 0.1) is 17.2 Å². The topological polar surface area (TPSA) is 62.1 Å². The maximum atomic E-state index is 12.3. The molecule has 0 spiro atoms. The van der Waals surface area contributed by atoms with Crippen molar-refractivity contribution >= 4 is 27.5 Å². The number of alkyl halides is 3. The van der Waals surface area contributed by atoms with Gasteiger partial charge in [-0.3, -0.25) is 4.79 Å². The highest BCUT2D eigenvalue weighted by Gasteiger charge is 2.32. The average molecular weight is 351 g/mol. The molecule has 4 nitrogen and oxygen atoms in total. The molecule has 8 heteroatoms. The number of anilines is 1. The molecule has 0 aliphatic rings. The van der Waals surface area contributed by atoms with Gasteiger partial charge in [-0.2, -0.15) is 5.26 Å². The van der Waals surface area contributed by atoms with E-state index in [4.69, 9.17) is 5.26 Å². The number of amides is 1. The number of nitriles is 1. The minimum Gasteiger partial charge on any atom is -0.404 e. The van der Waals surface area contributed by atoms with Crippen molar-refractivity contribution in [2.75, 3.05) is 5.32 Å². The van der Waals surface area contributed by atoms with Crippen LogP contribution in [0.1, 0.15) is 13.3 Å². The highest BCUT2D eigenvalue weighted by Crippen LogP contribution is 2.33. The number of carbonyl (C=O) groups excluding carboxylic acids is 1. The van der Waals surface area contributed by atoms with Crippen molar-refractivity contribution in [3.63, 3.8) is 0 Å². The molecule has 20 heavy (non-hydrogen) atoms. The third-order valence-electron chi connectivity index (χ3n) is 2.31. The number of rotatable bonds is 4. The largest absolute Gasteiger partial charge is 0.573 e. The zero-order valence-corrected chi connectivity index (χ0v) is 11.9. The number of halogens is 4. The van der Waals surface area contributed by atoms with Crippen LogP contribution < -0.4 is 10.1 Å². The summed E-state index contributed by atoms with van der Waals surface area (Å²) in [5.41, 5.74) is -0.149. The number of benzene rings is 1. The van der Waals surface area contributed by atoms with Crippen LogP contribution in [0.2, 0.25) is 0 Å². The van der Waals surface area contributed by atoms with E-state index in [1.807, 2.05) is 0 Å². The maximum absolute atomic E-state index is 12.3. The molecule has 0 aliphatic heterocycles. The predicted molar refractivity (Wildman–Crippen MR) is 68.8 cm³/mol. The van der Waals surface area contributed by atoms with E-state index in [9.17, 15) is 18.0 Å². The smallest absolute Gasteiger partial charge is 0.404 e. The van der Waals surface area contributed by atoms with Crippen molar-refractivity contribution in [3.8, 4) is 11.8 Å². The lowest BCUT2D eigenvalue weighted by molar-refractivity contribution is -0.274. The molecule has 0 fully saturated rings. The second-order valence-corrected chi connectivity index (χ2v) is 4.68. The molecular weight excluding hydrogens is 341 g/mol. The second kappa shape index (κ2) is 6.61. The Kier molecular flexibility index (Phi) is 5.39. The number of nitrogens with one attached hydrogen (secondary N) is 1. The molecule has 0 saturated carbocycles. The van der Waals surface area contributed by atoms with Crippen molar-refractivity contribution in [1.82, 2.24) is 0 Å². The molecule has 1 aromatic carbocycles. The van der Waals surface area contributed by atoms with Gasteiger partial charge in [-0.25, -0.2) is 0 Å². The third kappa shape index (κ3) is 4.74. The summed E-state index contributed by atoms with van der Waals surface area (Å²) in [7, 11) is 0. The summed E-state index contributed by atoms with van der Waals surface area (Å²) < 4.78 is 41.0. The van der Waals surface area contributed by atoms with Crippen molar-refractivity contribution in [3.05, 3.63) is 22.7 Å². The van der Waals surface area contributed by atoms with E-state index >= 15 is 0 Å². The second-order valence-electron chi connectivity index (χ2n) is 3.77. The molecule has 0 aromatic heterocycles. The van der Waals surface area contributed by atoms with Gasteiger partial charge in [-0.1, -0.05) is 22.9 Å². The van der Waals surface area contributed by atoms with Crippen LogP contribution in [0.4, 0.5) is 18.9 Å². The highest BCUT2D eigenvalue weighted by molar-refractivity contribution is 9.10. The quantitative estimate of drug-likeness (QED) is 0.897. The Bertz CT molecular complexity index is 540. The van der Waals surface area contributed by atoms with E-state index in [-0.39, 0.29) is 12.1 Å². The van der Waals surface area contributed by atoms with Gasteiger partial charge in [-0.15, -0.1) is 13.2 Å². The fraction of sp³-hybridized carbons (Fsp3) is 0.333. The lowest BCUT2D eigenvalue weighted by Crippen LogP contribution is -2.23. The number of hydrogen-bond acceptors (Lipinski definition) is 3. The Morgan fingerprint density at radius 2 is 2.20 bits per heavy atom. The fourth-order valence-electron chi connectivity index (χ4n) is 1.36. The van der Waals surface area contributed by atoms with E-state index in [2.05, 4.69) is 26.0 Å². The van der Waals surface area contributed by atoms with Gasteiger partial charge in [0.2, 0.25) is 5.91 Å². The van der Waals surface area contributed by atoms with Crippen molar-refractivity contribution < 1.29 is 22.7 Å². The van der Waals surface area contributed by atoms with Gasteiger partial charge < -0.3 is 10.1 Å². The zero-order chi connectivity index (χ0) is 15.3. The molecule has 1 amide bonds. The Hall–Kier alpha value is -1.75. The maximum Gasteiger partial charge on any atom is 0.573 e. The van der Waals surface area contributed by atoms with Crippen LogP contribution in [0.25, 0.3) is 0 Å². The summed E-state index contributed by atoms with van der Waals surface area (Å²) in [5.74, 6) is -2.16. The van der Waals surface area contributed by atoms with Crippen LogP contribution in [0.15, 0.2) is 22.7 Å². The fourth-order valence-corrected chi connectivity index (χ4v) is 1.70. The molecule has 1 unspecified atom stereocenters. The first-order chi connectivity index (χ1) is 9.26. The van der Waals surface area contributed by atoms with Gasteiger partial charge in [0.15, 0.2) is 5.75 Å². The third-order valence-corrected chi connectivity index (χ3v) is 2.80. The normalized spacial score (nSPS) is 12.4. The first-order valence-electron chi connectivity index (χ1n) is 5.52. The van der Waals surface area contributed by atoms with Crippen LogP contribution in [0.3, 0.4) is 0 Å². The SMILES string of the molecule is CCC(C#N)C(=O)Nc1ccc(Br)cc1OC(F)(F)F. The lowest BCUT2D eigenvalue weighted by atomic mass is 10.1. The minimum atomic E-state index is -4.88. The molecule has 0 bridgehead atoms. The zero-order valence-electron chi connectivity index (χ0n) is 10.3. The molecule has 0 heterocycles. The van der Waals surface area contributed by atoms with Gasteiger partial charge in [0.1, 0.15) is 5.92 Å². The van der Waals surface area contributed by atoms with Gasteiger partial charge in [0.05, 0.1) is 11.8 Å². The van der Waals surface area contributed by atoms with E-state index in [1.165, 1.54) is 12.1 Å². The molecule has 0 aliphatic carbocycles. The Labute approximate surface area is 121 Å². The first-order valence-corrected chi connectivity index (χ1v) is 6.32. The van der Waals surface area contributed by atoms with Gasteiger partial charge in [-0.05, 0) is 24.6 Å². The van der Waals surface area contributed by atoms with Crippen molar-refractivity contribution in [2.24, 2.45) is 5.92 Å². The van der Waals surface area contributed by atoms with E-state index in [0.29, 0.717) is 4.47 Å². The summed E-state index contributed by atoms with van der Waals surface area (Å²) in [4.78, 5) is 11.7. The van der Waals surface area contributed by atoms with E-state index in [1.54, 1.807) is 13.0 Å². The van der Waals surface area contributed by atoms with Gasteiger partial charge in [0, 0.05) is 4.47 Å². The average Bonchev–Trinajstić information content (AvgIpc) is 2.32. The summed E-state index contributed by atoms with van der Waals surface area (Å²) in [6.07, 6.45) is -4.62. The van der Waals surface area contributed by atoms with E-state index in [0.717, 1.165) is 6.07 Å². The molecule has 1 N–H and O–H groups in total. The molecule has 0 radical (unpaired) electrons. The molecular formula is C12H10BrF3N2O2. The van der Waals surface area contributed by atoms with Crippen LogP contribution >= 0.6 is 15.9 Å². The molecule has 0 saturated heterocycles. The predicted octanol–water partition coefficient (Wildman–Crippen LogP) is 3.84. The number of ether oxygens (including phenoxy) is 1. The molecule has 1 aromatic rings. The molecule has 1 atom stereocenters. The standard InChI is InChI=1S/C12H10BrF3N2O2/c1-2-7(6-17)11(19)18-9-4-3-8(13)5-10(9)20-12(14,15)16/h3-5,7H,2H2,1H3,(H,18,19). The molecule has 108 valence electrons. The van der Waals surface area contributed by atoms with Crippen LogP contribution in [0.5, 0.6) is 5.75 Å². The summed E-state index contributed by atoms with van der Waals surface area (Å²) >= 11 is 3.01. The Balaban J connectivity index is 3.01. The highest BCUT2D eigenvalue weighted by atomic mass is 79.9. The summed E-state index contributed by atoms with van der Waals surface area (Å²) in [5, 5.41) is 11.0. The Morgan fingerprint density at radius 1 is 1.55 bits per heavy atom. The Morgan fingerprint density at radius 3 is 2.70 bits per heavy atom. The monoisotopic (exact) mass is 350 g/mol. The number of carbonyl (C=O) groups is 1. The van der Waals surface area contributed by atoms with Gasteiger partial charge in [0.25, 0.3) is 0 Å². The molecule has 1 rings (SSSR count). The number of hydrogen-bond donors (Lipinski definition) is 1. The minimum absolute atomic E-state index is 0.149. The van der Waals surface area contributed by atoms with E-state index < -0.39 is 23.9 Å². The van der Waals surface area contributed by atoms with Crippen LogP contribution in [-0.4, -0.2) is 12.3 Å².